The Morgan fingerprint density at radius 2 is 1.86 bits per heavy atom. The van der Waals surface area contributed by atoms with E-state index in [9.17, 15) is 9.59 Å². The van der Waals surface area contributed by atoms with E-state index >= 15 is 0 Å². The molecule has 1 aromatic rings. The van der Waals surface area contributed by atoms with Gasteiger partial charge >= 0.3 is 5.97 Å². The predicted molar refractivity (Wildman–Crippen MR) is 80.1 cm³/mol. The minimum absolute atomic E-state index is 0.0436. The molecule has 0 fully saturated rings. The van der Waals surface area contributed by atoms with Crippen molar-refractivity contribution in [2.24, 2.45) is 11.8 Å². The molecule has 2 atom stereocenters. The van der Waals surface area contributed by atoms with Crippen LogP contribution in [0.1, 0.15) is 27.2 Å². The highest BCUT2D eigenvalue weighted by Crippen LogP contribution is 2.13. The zero-order valence-electron chi connectivity index (χ0n) is 12.7. The molecule has 21 heavy (non-hydrogen) atoms. The molecular weight excluding hydrogens is 270 g/mol. The summed E-state index contributed by atoms with van der Waals surface area (Å²) in [4.78, 5) is 23.2. The third kappa shape index (κ3) is 5.45. The number of benzene rings is 1. The van der Waals surface area contributed by atoms with Crippen molar-refractivity contribution in [2.75, 3.05) is 6.54 Å². The van der Waals surface area contributed by atoms with Crippen LogP contribution in [0.5, 0.6) is 5.75 Å². The highest BCUT2D eigenvalue weighted by Gasteiger charge is 2.24. The smallest absolute Gasteiger partial charge is 0.308 e. The van der Waals surface area contributed by atoms with Crippen LogP contribution < -0.4 is 10.1 Å². The van der Waals surface area contributed by atoms with E-state index in [1.807, 2.05) is 39.0 Å². The van der Waals surface area contributed by atoms with E-state index < -0.39 is 18.0 Å². The van der Waals surface area contributed by atoms with E-state index in [0.29, 0.717) is 12.2 Å². The van der Waals surface area contributed by atoms with Crippen LogP contribution in [0.15, 0.2) is 30.3 Å². The van der Waals surface area contributed by atoms with E-state index in [0.717, 1.165) is 0 Å². The number of nitrogens with one attached hydrogen (secondary N) is 1. The number of hydrogen-bond donors (Lipinski definition) is 2. The van der Waals surface area contributed by atoms with Gasteiger partial charge in [0.1, 0.15) is 5.75 Å². The molecule has 0 heterocycles. The summed E-state index contributed by atoms with van der Waals surface area (Å²) in [5, 5.41) is 11.8. The highest BCUT2D eigenvalue weighted by atomic mass is 16.5. The summed E-state index contributed by atoms with van der Waals surface area (Å²) < 4.78 is 5.62. The lowest BCUT2D eigenvalue weighted by Gasteiger charge is -2.20. The minimum atomic E-state index is -0.901. The first-order chi connectivity index (χ1) is 9.95. The topological polar surface area (TPSA) is 75.6 Å². The van der Waals surface area contributed by atoms with Gasteiger partial charge in [-0.05, 0) is 24.5 Å². The summed E-state index contributed by atoms with van der Waals surface area (Å²) in [6.45, 7) is 5.61. The van der Waals surface area contributed by atoms with Crippen molar-refractivity contribution in [3.63, 3.8) is 0 Å². The Morgan fingerprint density at radius 1 is 1.24 bits per heavy atom. The van der Waals surface area contributed by atoms with Crippen LogP contribution >= 0.6 is 0 Å². The lowest BCUT2D eigenvalue weighted by atomic mass is 9.96. The first kappa shape index (κ1) is 17.0. The normalized spacial score (nSPS) is 13.5. The molecular formula is C16H23NO4. The molecule has 0 aliphatic rings. The van der Waals surface area contributed by atoms with Gasteiger partial charge in [-0.15, -0.1) is 0 Å². The number of carbonyl (C=O) groups excluding carboxylic acids is 1. The Morgan fingerprint density at radius 3 is 2.33 bits per heavy atom. The maximum atomic E-state index is 12.1. The fourth-order valence-corrected chi connectivity index (χ4v) is 1.92. The Kier molecular flexibility index (Phi) is 6.72. The second kappa shape index (κ2) is 8.29. The Bertz CT molecular complexity index is 459. The first-order valence-electron chi connectivity index (χ1n) is 7.17. The van der Waals surface area contributed by atoms with Gasteiger partial charge in [0.15, 0.2) is 6.10 Å². The largest absolute Gasteiger partial charge is 0.481 e. The summed E-state index contributed by atoms with van der Waals surface area (Å²) in [5.74, 6) is -1.20. The molecule has 0 saturated heterocycles. The van der Waals surface area contributed by atoms with Gasteiger partial charge in [-0.1, -0.05) is 39.0 Å². The van der Waals surface area contributed by atoms with Crippen LogP contribution in [0.2, 0.25) is 0 Å². The van der Waals surface area contributed by atoms with Crippen LogP contribution in [-0.2, 0) is 9.59 Å². The van der Waals surface area contributed by atoms with Crippen LogP contribution in [-0.4, -0.2) is 29.6 Å². The summed E-state index contributed by atoms with van der Waals surface area (Å²) in [7, 11) is 0. The lowest BCUT2D eigenvalue weighted by Crippen LogP contribution is -2.42. The fraction of sp³-hybridized carbons (Fsp3) is 0.500. The second-order valence-electron chi connectivity index (χ2n) is 5.26. The van der Waals surface area contributed by atoms with Gasteiger partial charge < -0.3 is 15.2 Å². The third-order valence-electron chi connectivity index (χ3n) is 3.30. The van der Waals surface area contributed by atoms with Crippen LogP contribution in [0.4, 0.5) is 0 Å². The van der Waals surface area contributed by atoms with Gasteiger partial charge in [-0.2, -0.15) is 0 Å². The number of para-hydroxylation sites is 1. The number of aliphatic carboxylic acids is 1. The summed E-state index contributed by atoms with van der Waals surface area (Å²) in [5.41, 5.74) is 0. The maximum Gasteiger partial charge on any atom is 0.308 e. The molecule has 2 unspecified atom stereocenters. The molecule has 1 aromatic carbocycles. The zero-order chi connectivity index (χ0) is 15.8. The predicted octanol–water partition coefficient (Wildman–Crippen LogP) is 2.32. The van der Waals surface area contributed by atoms with Crippen LogP contribution in [0.25, 0.3) is 0 Å². The third-order valence-corrected chi connectivity index (χ3v) is 3.30. The molecule has 0 spiro atoms. The standard InChI is InChI=1S/C16H23NO4/c1-4-14(21-12-8-6-5-7-9-12)15(18)17-10-13(11(2)3)16(19)20/h5-9,11,13-14H,4,10H2,1-3H3,(H,17,18)(H,19,20). The zero-order valence-corrected chi connectivity index (χ0v) is 12.7. The quantitative estimate of drug-likeness (QED) is 0.771. The molecule has 0 saturated carbocycles. The molecule has 0 radical (unpaired) electrons. The Labute approximate surface area is 125 Å². The van der Waals surface area contributed by atoms with Crippen LogP contribution in [0, 0.1) is 11.8 Å². The molecule has 1 amide bonds. The lowest BCUT2D eigenvalue weighted by molar-refractivity contribution is -0.143. The van der Waals surface area contributed by atoms with Crippen molar-refractivity contribution in [3.8, 4) is 5.75 Å². The van der Waals surface area contributed by atoms with Crippen molar-refractivity contribution >= 4 is 11.9 Å². The summed E-state index contributed by atoms with van der Waals surface area (Å²) in [6.07, 6.45) is -0.103. The van der Waals surface area contributed by atoms with Crippen molar-refractivity contribution < 1.29 is 19.4 Å². The van der Waals surface area contributed by atoms with Crippen molar-refractivity contribution in [1.82, 2.24) is 5.32 Å². The van der Waals surface area contributed by atoms with E-state index in [2.05, 4.69) is 5.32 Å². The molecule has 2 N–H and O–H groups in total. The number of carboxylic acids is 1. The van der Waals surface area contributed by atoms with E-state index in [1.54, 1.807) is 12.1 Å². The molecule has 116 valence electrons. The van der Waals surface area contributed by atoms with Crippen molar-refractivity contribution in [3.05, 3.63) is 30.3 Å². The fourth-order valence-electron chi connectivity index (χ4n) is 1.92. The number of amides is 1. The number of hydrogen-bond acceptors (Lipinski definition) is 3. The Balaban J connectivity index is 2.57. The molecule has 0 bridgehead atoms. The molecule has 0 aliphatic carbocycles. The summed E-state index contributed by atoms with van der Waals surface area (Å²) in [6, 6.07) is 9.10. The monoisotopic (exact) mass is 293 g/mol. The molecule has 0 aliphatic heterocycles. The molecule has 1 rings (SSSR count). The van der Waals surface area contributed by atoms with E-state index in [1.165, 1.54) is 0 Å². The van der Waals surface area contributed by atoms with Crippen LogP contribution in [0.3, 0.4) is 0 Å². The van der Waals surface area contributed by atoms with Gasteiger partial charge in [0.25, 0.3) is 5.91 Å². The Hall–Kier alpha value is -2.04. The average Bonchev–Trinajstić information content (AvgIpc) is 2.45. The SMILES string of the molecule is CCC(Oc1ccccc1)C(=O)NCC(C(=O)O)C(C)C. The second-order valence-corrected chi connectivity index (χ2v) is 5.26. The molecule has 0 aromatic heterocycles. The maximum absolute atomic E-state index is 12.1. The summed E-state index contributed by atoms with van der Waals surface area (Å²) >= 11 is 0. The number of rotatable bonds is 8. The molecule has 5 heteroatoms. The number of carboxylic acid groups (broad SMARTS) is 1. The highest BCUT2D eigenvalue weighted by molar-refractivity contribution is 5.81. The molecule has 5 nitrogen and oxygen atoms in total. The van der Waals surface area contributed by atoms with Gasteiger partial charge in [-0.25, -0.2) is 0 Å². The van der Waals surface area contributed by atoms with Gasteiger partial charge in [0, 0.05) is 6.54 Å². The average molecular weight is 293 g/mol. The van der Waals surface area contributed by atoms with E-state index in [-0.39, 0.29) is 18.4 Å². The van der Waals surface area contributed by atoms with E-state index in [4.69, 9.17) is 9.84 Å². The number of carbonyl (C=O) groups is 2. The van der Waals surface area contributed by atoms with Gasteiger partial charge in [0.2, 0.25) is 0 Å². The van der Waals surface area contributed by atoms with Gasteiger partial charge in [0.05, 0.1) is 5.92 Å². The number of ether oxygens (including phenoxy) is 1. The minimum Gasteiger partial charge on any atom is -0.481 e. The van der Waals surface area contributed by atoms with Crippen molar-refractivity contribution in [2.45, 2.75) is 33.3 Å². The van der Waals surface area contributed by atoms with Crippen molar-refractivity contribution in [1.29, 1.82) is 0 Å². The first-order valence-corrected chi connectivity index (χ1v) is 7.17. The van der Waals surface area contributed by atoms with Gasteiger partial charge in [-0.3, -0.25) is 9.59 Å².